The molecule has 2 aromatic heterocycles. The molecule has 3 heterocycles. The molecular weight excluding hydrogens is 298 g/mol. The Morgan fingerprint density at radius 3 is 2.79 bits per heavy atom. The Morgan fingerprint density at radius 1 is 1.21 bits per heavy atom. The second kappa shape index (κ2) is 5.91. The molecule has 0 spiro atoms. The van der Waals surface area contributed by atoms with E-state index in [2.05, 4.69) is 47.5 Å². The average molecular weight is 321 g/mol. The van der Waals surface area contributed by atoms with Crippen molar-refractivity contribution in [2.24, 2.45) is 5.41 Å². The molecule has 24 heavy (non-hydrogen) atoms. The summed E-state index contributed by atoms with van der Waals surface area (Å²) >= 11 is 0. The van der Waals surface area contributed by atoms with E-state index in [0.29, 0.717) is 5.41 Å². The van der Waals surface area contributed by atoms with Gasteiger partial charge in [-0.1, -0.05) is 37.3 Å². The van der Waals surface area contributed by atoms with E-state index in [1.807, 2.05) is 28.8 Å². The normalized spacial score (nSPS) is 21.4. The highest BCUT2D eigenvalue weighted by molar-refractivity contribution is 5.66. The predicted octanol–water partition coefficient (Wildman–Crippen LogP) is 3.15. The van der Waals surface area contributed by atoms with Crippen LogP contribution in [-0.4, -0.2) is 46.2 Å². The summed E-state index contributed by atoms with van der Waals surface area (Å²) < 4.78 is 1.88. The lowest BCUT2D eigenvalue weighted by atomic mass is 9.90. The van der Waals surface area contributed by atoms with Gasteiger partial charge in [0.15, 0.2) is 5.65 Å². The van der Waals surface area contributed by atoms with Crippen molar-refractivity contribution in [3.05, 3.63) is 48.7 Å². The van der Waals surface area contributed by atoms with Crippen molar-refractivity contribution < 1.29 is 0 Å². The zero-order chi connectivity index (χ0) is 16.6. The molecule has 0 unspecified atom stereocenters. The van der Waals surface area contributed by atoms with Crippen LogP contribution in [0.15, 0.2) is 48.7 Å². The first-order valence-electron chi connectivity index (χ1n) is 8.46. The van der Waals surface area contributed by atoms with Gasteiger partial charge in [-0.15, -0.1) is 0 Å². The van der Waals surface area contributed by atoms with Gasteiger partial charge >= 0.3 is 0 Å². The van der Waals surface area contributed by atoms with Crippen LogP contribution >= 0.6 is 0 Å². The Labute approximate surface area is 142 Å². The van der Waals surface area contributed by atoms with Crippen molar-refractivity contribution in [3.63, 3.8) is 0 Å². The molecule has 1 aliphatic rings. The van der Waals surface area contributed by atoms with E-state index in [-0.39, 0.29) is 0 Å². The second-order valence-electron chi connectivity index (χ2n) is 7.15. The Morgan fingerprint density at radius 2 is 2.04 bits per heavy atom. The molecule has 124 valence electrons. The number of fused-ring (bicyclic) bond motifs is 1. The van der Waals surface area contributed by atoms with Crippen LogP contribution in [0, 0.1) is 5.41 Å². The van der Waals surface area contributed by atoms with Crippen molar-refractivity contribution in [2.75, 3.05) is 32.0 Å². The molecule has 1 aliphatic heterocycles. The highest BCUT2D eigenvalue weighted by Gasteiger charge is 2.31. The molecule has 0 radical (unpaired) electrons. The first-order valence-corrected chi connectivity index (χ1v) is 8.46. The largest absolute Gasteiger partial charge is 0.369 e. The lowest BCUT2D eigenvalue weighted by Crippen LogP contribution is -2.30. The van der Waals surface area contributed by atoms with Gasteiger partial charge in [0.2, 0.25) is 0 Å². The van der Waals surface area contributed by atoms with E-state index in [9.17, 15) is 0 Å². The molecule has 1 N–H and O–H groups in total. The van der Waals surface area contributed by atoms with Crippen LogP contribution in [0.1, 0.15) is 13.3 Å². The predicted molar refractivity (Wildman–Crippen MR) is 97.1 cm³/mol. The number of hydrogen-bond donors (Lipinski definition) is 1. The Hall–Kier alpha value is -2.40. The van der Waals surface area contributed by atoms with Crippen LogP contribution in [0.5, 0.6) is 0 Å². The molecule has 1 aromatic carbocycles. The van der Waals surface area contributed by atoms with Crippen LogP contribution in [0.25, 0.3) is 16.9 Å². The van der Waals surface area contributed by atoms with Crippen molar-refractivity contribution >= 4 is 11.5 Å². The number of nitrogens with one attached hydrogen (secondary N) is 1. The number of likely N-dealkylation sites (tertiary alicyclic amines) is 1. The minimum Gasteiger partial charge on any atom is -0.369 e. The van der Waals surface area contributed by atoms with Crippen LogP contribution < -0.4 is 5.32 Å². The average Bonchev–Trinajstić information content (AvgIpc) is 3.20. The van der Waals surface area contributed by atoms with Crippen molar-refractivity contribution in [2.45, 2.75) is 13.3 Å². The zero-order valence-corrected chi connectivity index (χ0v) is 14.2. The molecule has 1 saturated heterocycles. The maximum absolute atomic E-state index is 4.73. The van der Waals surface area contributed by atoms with E-state index in [0.717, 1.165) is 35.8 Å². The van der Waals surface area contributed by atoms with Gasteiger partial charge in [0.05, 0.1) is 11.9 Å². The third kappa shape index (κ3) is 2.87. The quantitative estimate of drug-likeness (QED) is 0.802. The summed E-state index contributed by atoms with van der Waals surface area (Å²) in [4.78, 5) is 7.12. The molecule has 5 nitrogen and oxygen atoms in total. The molecule has 5 heteroatoms. The highest BCUT2D eigenvalue weighted by Crippen LogP contribution is 2.30. The zero-order valence-electron chi connectivity index (χ0n) is 14.2. The van der Waals surface area contributed by atoms with Gasteiger partial charge in [-0.05, 0) is 25.4 Å². The van der Waals surface area contributed by atoms with Gasteiger partial charge in [-0.25, -0.2) is 4.98 Å². The number of anilines is 1. The third-order valence-corrected chi connectivity index (χ3v) is 4.87. The summed E-state index contributed by atoms with van der Waals surface area (Å²) in [6.07, 6.45) is 3.02. The maximum atomic E-state index is 4.73. The fraction of sp³-hybridized carbons (Fsp3) is 0.368. The van der Waals surface area contributed by atoms with Gasteiger partial charge in [-0.2, -0.15) is 9.61 Å². The molecule has 3 aromatic rings. The lowest BCUT2D eigenvalue weighted by molar-refractivity contribution is 0.325. The number of nitrogens with zero attached hydrogens (tertiary/aromatic N) is 4. The summed E-state index contributed by atoms with van der Waals surface area (Å²) in [7, 11) is 2.19. The van der Waals surface area contributed by atoms with E-state index in [1.54, 1.807) is 6.20 Å². The molecular formula is C19H23N5. The standard InChI is InChI=1S/C19H23N5/c1-19(9-11-23(2)14-19)13-20-18-12-16(15-6-4-3-5-7-15)22-17-8-10-21-24(17)18/h3-8,10,12,20H,9,11,13-14H2,1-2H3/t19-/m0/s1. The summed E-state index contributed by atoms with van der Waals surface area (Å²) in [6, 6.07) is 14.3. The summed E-state index contributed by atoms with van der Waals surface area (Å²) in [5, 5.41) is 8.04. The number of hydrogen-bond acceptors (Lipinski definition) is 4. The van der Waals surface area contributed by atoms with Gasteiger partial charge in [0.1, 0.15) is 5.82 Å². The fourth-order valence-corrected chi connectivity index (χ4v) is 3.51. The van der Waals surface area contributed by atoms with E-state index in [4.69, 9.17) is 4.98 Å². The Kier molecular flexibility index (Phi) is 3.73. The second-order valence-corrected chi connectivity index (χ2v) is 7.15. The van der Waals surface area contributed by atoms with E-state index < -0.39 is 0 Å². The minimum absolute atomic E-state index is 0.296. The smallest absolute Gasteiger partial charge is 0.157 e. The topological polar surface area (TPSA) is 45.5 Å². The van der Waals surface area contributed by atoms with Crippen molar-refractivity contribution in [3.8, 4) is 11.3 Å². The molecule has 0 amide bonds. The van der Waals surface area contributed by atoms with Gasteiger partial charge < -0.3 is 10.2 Å². The lowest BCUT2D eigenvalue weighted by Gasteiger charge is -2.25. The minimum atomic E-state index is 0.296. The summed E-state index contributed by atoms with van der Waals surface area (Å²) in [5.74, 6) is 1.000. The molecule has 1 fully saturated rings. The molecule has 4 rings (SSSR count). The Balaban J connectivity index is 1.65. The van der Waals surface area contributed by atoms with Crippen LogP contribution in [-0.2, 0) is 0 Å². The van der Waals surface area contributed by atoms with Gasteiger partial charge in [0.25, 0.3) is 0 Å². The van der Waals surface area contributed by atoms with Gasteiger partial charge in [0, 0.05) is 30.8 Å². The van der Waals surface area contributed by atoms with Crippen LogP contribution in [0.2, 0.25) is 0 Å². The maximum Gasteiger partial charge on any atom is 0.157 e. The third-order valence-electron chi connectivity index (χ3n) is 4.87. The molecule has 0 aliphatic carbocycles. The SMILES string of the molecule is CN1CC[C@@](C)(CNc2cc(-c3ccccc3)nc3ccnn23)C1. The summed E-state index contributed by atoms with van der Waals surface area (Å²) in [6.45, 7) is 5.58. The molecule has 1 atom stereocenters. The first kappa shape index (κ1) is 15.1. The van der Waals surface area contributed by atoms with E-state index in [1.165, 1.54) is 13.0 Å². The monoisotopic (exact) mass is 321 g/mol. The van der Waals surface area contributed by atoms with Crippen LogP contribution in [0.4, 0.5) is 5.82 Å². The van der Waals surface area contributed by atoms with E-state index >= 15 is 0 Å². The number of benzene rings is 1. The summed E-state index contributed by atoms with van der Waals surface area (Å²) in [5.41, 5.74) is 3.26. The molecule has 0 bridgehead atoms. The fourth-order valence-electron chi connectivity index (χ4n) is 3.51. The van der Waals surface area contributed by atoms with Crippen molar-refractivity contribution in [1.82, 2.24) is 19.5 Å². The highest BCUT2D eigenvalue weighted by atomic mass is 15.3. The number of rotatable bonds is 4. The van der Waals surface area contributed by atoms with Crippen LogP contribution in [0.3, 0.4) is 0 Å². The van der Waals surface area contributed by atoms with Crippen molar-refractivity contribution in [1.29, 1.82) is 0 Å². The first-order chi connectivity index (χ1) is 11.6. The van der Waals surface area contributed by atoms with Gasteiger partial charge in [-0.3, -0.25) is 0 Å². The number of aromatic nitrogens is 3. The molecule has 0 saturated carbocycles. The Bertz CT molecular complexity index is 841.